The van der Waals surface area contributed by atoms with Crippen LogP contribution in [0.25, 0.3) is 0 Å². The van der Waals surface area contributed by atoms with Crippen LogP contribution in [-0.4, -0.2) is 31.1 Å². The molecule has 0 heterocycles. The maximum atomic E-state index is 4.72. The van der Waals surface area contributed by atoms with Crippen molar-refractivity contribution in [2.75, 3.05) is 26.2 Å². The molecule has 0 aromatic rings. The van der Waals surface area contributed by atoms with Crippen molar-refractivity contribution in [2.45, 2.75) is 26.7 Å². The minimum Gasteiger partial charge on any atom is -0.379 e. The van der Waals surface area contributed by atoms with Crippen molar-refractivity contribution < 1.29 is 4.74 Å². The molecular formula is C9H20NO. The molecule has 0 unspecified atom stereocenters. The molecule has 0 amide bonds. The van der Waals surface area contributed by atoms with E-state index in [4.69, 9.17) is 4.74 Å². The zero-order valence-corrected chi connectivity index (χ0v) is 7.81. The van der Waals surface area contributed by atoms with Crippen molar-refractivity contribution in [3.63, 3.8) is 0 Å². The largest absolute Gasteiger partial charge is 0.379 e. The highest BCUT2D eigenvalue weighted by Gasteiger charge is 1.96. The minimum absolute atomic E-state index is 0.793. The van der Waals surface area contributed by atoms with Gasteiger partial charge in [0.05, 0.1) is 7.11 Å². The fraction of sp³-hybridized carbons (Fsp3) is 0.889. The average Bonchev–Trinajstić information content (AvgIpc) is 2.05. The molecule has 2 nitrogen and oxygen atoms in total. The Morgan fingerprint density at radius 1 is 1.18 bits per heavy atom. The summed E-state index contributed by atoms with van der Waals surface area (Å²) in [4.78, 5) is 2.42. The van der Waals surface area contributed by atoms with Crippen LogP contribution in [0.5, 0.6) is 0 Å². The zero-order chi connectivity index (χ0) is 8.53. The molecule has 0 aromatic carbocycles. The molecule has 0 saturated heterocycles. The molecule has 11 heavy (non-hydrogen) atoms. The summed E-state index contributed by atoms with van der Waals surface area (Å²) in [7, 11) is 3.33. The van der Waals surface area contributed by atoms with Gasteiger partial charge < -0.3 is 9.64 Å². The van der Waals surface area contributed by atoms with Crippen molar-refractivity contribution in [3.05, 3.63) is 7.11 Å². The number of hydrogen-bond acceptors (Lipinski definition) is 2. The van der Waals surface area contributed by atoms with Gasteiger partial charge in [-0.05, 0) is 32.5 Å². The van der Waals surface area contributed by atoms with Crippen LogP contribution < -0.4 is 0 Å². The lowest BCUT2D eigenvalue weighted by Gasteiger charge is -2.17. The Bertz CT molecular complexity index is 72.0. The summed E-state index contributed by atoms with van der Waals surface area (Å²) in [6, 6.07) is 0. The molecule has 0 aliphatic heterocycles. The van der Waals surface area contributed by atoms with E-state index in [1.165, 1.54) is 13.0 Å². The lowest BCUT2D eigenvalue weighted by Crippen LogP contribution is -2.24. The number of nitrogens with zero attached hydrogens (tertiary/aromatic N) is 1. The highest BCUT2D eigenvalue weighted by atomic mass is 16.5. The Kier molecular flexibility index (Phi) is 7.96. The van der Waals surface area contributed by atoms with Gasteiger partial charge in [-0.3, -0.25) is 0 Å². The Morgan fingerprint density at radius 2 is 1.82 bits per heavy atom. The molecule has 0 aliphatic rings. The van der Waals surface area contributed by atoms with Crippen LogP contribution in [0.2, 0.25) is 0 Å². The number of ether oxygens (including phenoxy) is 1. The maximum absolute atomic E-state index is 4.72. The van der Waals surface area contributed by atoms with Crippen LogP contribution in [0, 0.1) is 7.11 Å². The summed E-state index contributed by atoms with van der Waals surface area (Å²) < 4.78 is 4.72. The zero-order valence-electron chi connectivity index (χ0n) is 7.81. The normalized spacial score (nSPS) is 10.9. The third kappa shape index (κ3) is 6.32. The molecule has 0 aromatic heterocycles. The Balaban J connectivity index is 3.07. The number of rotatable bonds is 7. The van der Waals surface area contributed by atoms with E-state index in [0.717, 1.165) is 26.1 Å². The van der Waals surface area contributed by atoms with E-state index in [2.05, 4.69) is 25.9 Å². The summed E-state index contributed by atoms with van der Waals surface area (Å²) in [5, 5.41) is 0. The van der Waals surface area contributed by atoms with E-state index in [1.54, 1.807) is 0 Å². The highest BCUT2D eigenvalue weighted by molar-refractivity contribution is 4.51. The first kappa shape index (κ1) is 10.9. The number of hydrogen-bond donors (Lipinski definition) is 0. The highest BCUT2D eigenvalue weighted by Crippen LogP contribution is 1.94. The van der Waals surface area contributed by atoms with Crippen LogP contribution in [0.1, 0.15) is 26.7 Å². The van der Waals surface area contributed by atoms with E-state index in [9.17, 15) is 0 Å². The quantitative estimate of drug-likeness (QED) is 0.525. The van der Waals surface area contributed by atoms with E-state index in [0.29, 0.717) is 0 Å². The Labute approximate surface area is 70.5 Å². The lowest BCUT2D eigenvalue weighted by atomic mass is 10.3. The minimum atomic E-state index is 0.793. The fourth-order valence-electron chi connectivity index (χ4n) is 1.08. The summed E-state index contributed by atoms with van der Waals surface area (Å²) in [5.74, 6) is 0. The summed E-state index contributed by atoms with van der Waals surface area (Å²) in [6.45, 7) is 8.68. The molecule has 2 heteroatoms. The summed E-state index contributed by atoms with van der Waals surface area (Å²) in [6.07, 6.45) is 2.34. The first-order chi connectivity index (χ1) is 5.35. The molecule has 67 valence electrons. The van der Waals surface area contributed by atoms with Crippen molar-refractivity contribution in [3.8, 4) is 0 Å². The predicted octanol–water partition coefficient (Wildman–Crippen LogP) is 1.92. The molecule has 0 rings (SSSR count). The van der Waals surface area contributed by atoms with Crippen molar-refractivity contribution in [1.29, 1.82) is 0 Å². The second kappa shape index (κ2) is 8.02. The smallest absolute Gasteiger partial charge is 0.0700 e. The van der Waals surface area contributed by atoms with E-state index in [-0.39, 0.29) is 0 Å². The third-order valence-electron chi connectivity index (χ3n) is 1.91. The molecule has 1 radical (unpaired) electrons. The van der Waals surface area contributed by atoms with Gasteiger partial charge in [-0.25, -0.2) is 0 Å². The van der Waals surface area contributed by atoms with Gasteiger partial charge in [-0.2, -0.15) is 0 Å². The van der Waals surface area contributed by atoms with Gasteiger partial charge in [-0.15, -0.1) is 0 Å². The van der Waals surface area contributed by atoms with Gasteiger partial charge in [0.1, 0.15) is 0 Å². The molecule has 0 bridgehead atoms. The summed E-state index contributed by atoms with van der Waals surface area (Å²) >= 11 is 0. The van der Waals surface area contributed by atoms with E-state index >= 15 is 0 Å². The van der Waals surface area contributed by atoms with Gasteiger partial charge in [-0.1, -0.05) is 13.8 Å². The van der Waals surface area contributed by atoms with Crippen LogP contribution >= 0.6 is 0 Å². The Morgan fingerprint density at radius 3 is 2.27 bits per heavy atom. The number of unbranched alkanes of at least 4 members (excludes halogenated alkanes) is 1. The molecular weight excluding hydrogens is 138 g/mol. The van der Waals surface area contributed by atoms with Gasteiger partial charge in [0.25, 0.3) is 0 Å². The second-order valence-corrected chi connectivity index (χ2v) is 2.64. The van der Waals surface area contributed by atoms with Crippen molar-refractivity contribution in [1.82, 2.24) is 4.90 Å². The monoisotopic (exact) mass is 158 g/mol. The van der Waals surface area contributed by atoms with Crippen molar-refractivity contribution in [2.24, 2.45) is 0 Å². The van der Waals surface area contributed by atoms with Crippen molar-refractivity contribution >= 4 is 0 Å². The fourth-order valence-corrected chi connectivity index (χ4v) is 1.08. The summed E-state index contributed by atoms with van der Waals surface area (Å²) in [5.41, 5.74) is 0. The standard InChI is InChI=1S/C9H20NO/c1-4-10(5-2)8-6-7-9-11-3/h3-9H2,1-2H3. The lowest BCUT2D eigenvalue weighted by molar-refractivity contribution is 0.221. The first-order valence-corrected chi connectivity index (χ1v) is 4.44. The van der Waals surface area contributed by atoms with Gasteiger partial charge in [0, 0.05) is 6.61 Å². The van der Waals surface area contributed by atoms with Crippen LogP contribution in [0.4, 0.5) is 0 Å². The average molecular weight is 158 g/mol. The topological polar surface area (TPSA) is 12.5 Å². The molecule has 0 atom stereocenters. The van der Waals surface area contributed by atoms with Crippen LogP contribution in [0.15, 0.2) is 0 Å². The van der Waals surface area contributed by atoms with E-state index < -0.39 is 0 Å². The molecule has 0 saturated carbocycles. The second-order valence-electron chi connectivity index (χ2n) is 2.64. The third-order valence-corrected chi connectivity index (χ3v) is 1.91. The van der Waals surface area contributed by atoms with E-state index in [1.807, 2.05) is 0 Å². The van der Waals surface area contributed by atoms with Crippen LogP contribution in [-0.2, 0) is 4.74 Å². The van der Waals surface area contributed by atoms with Gasteiger partial charge in [0.2, 0.25) is 0 Å². The SMILES string of the molecule is [CH2]OCCCCN(CC)CC. The predicted molar refractivity (Wildman–Crippen MR) is 48.3 cm³/mol. The molecule has 0 N–H and O–H groups in total. The maximum Gasteiger partial charge on any atom is 0.0700 e. The molecule has 0 aliphatic carbocycles. The van der Waals surface area contributed by atoms with Crippen LogP contribution in [0.3, 0.4) is 0 Å². The molecule has 0 fully saturated rings. The van der Waals surface area contributed by atoms with Gasteiger partial charge in [0.15, 0.2) is 0 Å². The Hall–Kier alpha value is -0.0800. The van der Waals surface area contributed by atoms with Gasteiger partial charge >= 0.3 is 0 Å². The molecule has 0 spiro atoms. The first-order valence-electron chi connectivity index (χ1n) is 4.44.